The van der Waals surface area contributed by atoms with E-state index in [1.165, 1.54) is 45.3 Å². The highest BCUT2D eigenvalue weighted by Gasteiger charge is 2.17. The molecule has 1 aliphatic heterocycles. The molecule has 0 saturated carbocycles. The van der Waals surface area contributed by atoms with Crippen LogP contribution in [0.15, 0.2) is 0 Å². The van der Waals surface area contributed by atoms with E-state index in [0.29, 0.717) is 0 Å². The van der Waals surface area contributed by atoms with Crippen molar-refractivity contribution in [3.63, 3.8) is 0 Å². The molecule has 0 aliphatic carbocycles. The van der Waals surface area contributed by atoms with Crippen LogP contribution in [0.25, 0.3) is 0 Å². The highest BCUT2D eigenvalue weighted by atomic mass is 32.1. The van der Waals surface area contributed by atoms with Crippen molar-refractivity contribution in [1.29, 1.82) is 0 Å². The molecule has 3 nitrogen and oxygen atoms in total. The van der Waals surface area contributed by atoms with Crippen LogP contribution in [0.4, 0.5) is 0 Å². The summed E-state index contributed by atoms with van der Waals surface area (Å²) in [6, 6.07) is 0. The summed E-state index contributed by atoms with van der Waals surface area (Å²) in [5.74, 6) is 0.795. The Morgan fingerprint density at radius 3 is 2.53 bits per heavy atom. The first-order valence-electron chi connectivity index (χ1n) is 7.00. The number of likely N-dealkylation sites (tertiary alicyclic amines) is 1. The SMILES string of the molecule is CCCCNC(=S)NCC1CCN(CC)CC1. The molecule has 1 heterocycles. The van der Waals surface area contributed by atoms with E-state index in [9.17, 15) is 0 Å². The first-order chi connectivity index (χ1) is 8.26. The predicted molar refractivity (Wildman–Crippen MR) is 78.3 cm³/mol. The first kappa shape index (κ1) is 14.7. The molecule has 0 amide bonds. The molecule has 1 aliphatic rings. The Bertz CT molecular complexity index is 213. The minimum absolute atomic E-state index is 0.795. The van der Waals surface area contributed by atoms with E-state index in [0.717, 1.165) is 24.1 Å². The van der Waals surface area contributed by atoms with E-state index in [4.69, 9.17) is 12.2 Å². The van der Waals surface area contributed by atoms with E-state index in [2.05, 4.69) is 29.4 Å². The summed E-state index contributed by atoms with van der Waals surface area (Å²) in [5, 5.41) is 7.43. The molecule has 4 heteroatoms. The van der Waals surface area contributed by atoms with Gasteiger partial charge < -0.3 is 15.5 Å². The second kappa shape index (κ2) is 8.70. The first-order valence-corrected chi connectivity index (χ1v) is 7.41. The van der Waals surface area contributed by atoms with E-state index >= 15 is 0 Å². The van der Waals surface area contributed by atoms with E-state index < -0.39 is 0 Å². The van der Waals surface area contributed by atoms with Gasteiger partial charge in [0.2, 0.25) is 0 Å². The van der Waals surface area contributed by atoms with Crippen LogP contribution < -0.4 is 10.6 Å². The van der Waals surface area contributed by atoms with Gasteiger partial charge in [0, 0.05) is 13.1 Å². The number of rotatable bonds is 6. The maximum absolute atomic E-state index is 5.25. The van der Waals surface area contributed by atoms with Crippen LogP contribution in [0.3, 0.4) is 0 Å². The fourth-order valence-corrected chi connectivity index (χ4v) is 2.37. The maximum atomic E-state index is 5.25. The van der Waals surface area contributed by atoms with Crippen LogP contribution in [-0.4, -0.2) is 42.7 Å². The minimum Gasteiger partial charge on any atom is -0.363 e. The van der Waals surface area contributed by atoms with Gasteiger partial charge in [-0.3, -0.25) is 0 Å². The van der Waals surface area contributed by atoms with Crippen molar-refractivity contribution in [2.75, 3.05) is 32.7 Å². The largest absolute Gasteiger partial charge is 0.363 e. The Hall–Kier alpha value is -0.350. The normalized spacial score (nSPS) is 18.0. The van der Waals surface area contributed by atoms with Crippen molar-refractivity contribution in [3.05, 3.63) is 0 Å². The van der Waals surface area contributed by atoms with Crippen LogP contribution in [-0.2, 0) is 0 Å². The molecule has 0 atom stereocenters. The summed E-state index contributed by atoms with van der Waals surface area (Å²) in [6.07, 6.45) is 5.01. The second-order valence-corrected chi connectivity index (χ2v) is 5.28. The zero-order chi connectivity index (χ0) is 12.5. The molecule has 0 aromatic heterocycles. The van der Waals surface area contributed by atoms with Gasteiger partial charge >= 0.3 is 0 Å². The number of nitrogens with zero attached hydrogens (tertiary/aromatic N) is 1. The molecule has 1 saturated heterocycles. The highest BCUT2D eigenvalue weighted by Crippen LogP contribution is 2.15. The van der Waals surface area contributed by atoms with Crippen molar-refractivity contribution < 1.29 is 0 Å². The van der Waals surface area contributed by atoms with Gasteiger partial charge in [0.25, 0.3) is 0 Å². The van der Waals surface area contributed by atoms with Crippen LogP contribution in [0.2, 0.25) is 0 Å². The maximum Gasteiger partial charge on any atom is 0.166 e. The van der Waals surface area contributed by atoms with Crippen molar-refractivity contribution in [2.45, 2.75) is 39.5 Å². The number of thiocarbonyl (C=S) groups is 1. The van der Waals surface area contributed by atoms with Gasteiger partial charge in [-0.2, -0.15) is 0 Å². The van der Waals surface area contributed by atoms with Crippen molar-refractivity contribution in [1.82, 2.24) is 15.5 Å². The molecule has 0 radical (unpaired) electrons. The van der Waals surface area contributed by atoms with Gasteiger partial charge in [0.15, 0.2) is 5.11 Å². The lowest BCUT2D eigenvalue weighted by Gasteiger charge is -2.31. The monoisotopic (exact) mass is 257 g/mol. The van der Waals surface area contributed by atoms with Gasteiger partial charge in [-0.15, -0.1) is 0 Å². The van der Waals surface area contributed by atoms with Gasteiger partial charge in [0.1, 0.15) is 0 Å². The van der Waals surface area contributed by atoms with Crippen molar-refractivity contribution in [2.24, 2.45) is 5.92 Å². The van der Waals surface area contributed by atoms with Crippen LogP contribution in [0.5, 0.6) is 0 Å². The molecule has 0 bridgehead atoms. The summed E-state index contributed by atoms with van der Waals surface area (Å²) in [6.45, 7) is 10.2. The quantitative estimate of drug-likeness (QED) is 0.562. The van der Waals surface area contributed by atoms with Crippen molar-refractivity contribution >= 4 is 17.3 Å². The van der Waals surface area contributed by atoms with Gasteiger partial charge in [-0.05, 0) is 57.0 Å². The number of piperidine rings is 1. The van der Waals surface area contributed by atoms with Gasteiger partial charge in [0.05, 0.1) is 0 Å². The molecule has 17 heavy (non-hydrogen) atoms. The number of hydrogen-bond acceptors (Lipinski definition) is 2. The second-order valence-electron chi connectivity index (χ2n) is 4.87. The predicted octanol–water partition coefficient (Wildman–Crippen LogP) is 1.98. The molecular formula is C13H27N3S. The lowest BCUT2D eigenvalue weighted by Crippen LogP contribution is -2.41. The summed E-state index contributed by atoms with van der Waals surface area (Å²) in [5.41, 5.74) is 0. The van der Waals surface area contributed by atoms with Crippen LogP contribution in [0, 0.1) is 5.92 Å². The van der Waals surface area contributed by atoms with E-state index in [1.54, 1.807) is 0 Å². The smallest absolute Gasteiger partial charge is 0.166 e. The fraction of sp³-hybridized carbons (Fsp3) is 0.923. The third-order valence-corrected chi connectivity index (χ3v) is 3.81. The number of unbranched alkanes of at least 4 members (excludes halogenated alkanes) is 1. The molecule has 0 unspecified atom stereocenters. The molecule has 1 fully saturated rings. The van der Waals surface area contributed by atoms with Gasteiger partial charge in [-0.25, -0.2) is 0 Å². The molecule has 0 aromatic carbocycles. The van der Waals surface area contributed by atoms with Crippen LogP contribution in [0.1, 0.15) is 39.5 Å². The molecule has 2 N–H and O–H groups in total. The number of nitrogens with one attached hydrogen (secondary N) is 2. The Labute approximate surface area is 111 Å². The minimum atomic E-state index is 0.795. The number of hydrogen-bond donors (Lipinski definition) is 2. The molecule has 100 valence electrons. The Morgan fingerprint density at radius 2 is 1.94 bits per heavy atom. The average molecular weight is 257 g/mol. The Kier molecular flexibility index (Phi) is 7.53. The summed E-state index contributed by atoms with van der Waals surface area (Å²) < 4.78 is 0. The van der Waals surface area contributed by atoms with Crippen molar-refractivity contribution in [3.8, 4) is 0 Å². The summed E-state index contributed by atoms with van der Waals surface area (Å²) in [4.78, 5) is 2.52. The zero-order valence-electron chi connectivity index (χ0n) is 11.3. The molecule has 1 rings (SSSR count). The standard InChI is InChI=1S/C13H27N3S/c1-3-5-8-14-13(17)15-11-12-6-9-16(4-2)10-7-12/h12H,3-11H2,1-2H3,(H2,14,15,17). The average Bonchev–Trinajstić information content (AvgIpc) is 2.37. The third kappa shape index (κ3) is 6.22. The highest BCUT2D eigenvalue weighted by molar-refractivity contribution is 7.80. The van der Waals surface area contributed by atoms with Crippen LogP contribution >= 0.6 is 12.2 Å². The third-order valence-electron chi connectivity index (χ3n) is 3.52. The van der Waals surface area contributed by atoms with E-state index in [-0.39, 0.29) is 0 Å². The lowest BCUT2D eigenvalue weighted by atomic mass is 9.97. The fourth-order valence-electron chi connectivity index (χ4n) is 2.19. The van der Waals surface area contributed by atoms with E-state index in [1.807, 2.05) is 0 Å². The molecule has 0 aromatic rings. The summed E-state index contributed by atoms with van der Waals surface area (Å²) >= 11 is 5.25. The zero-order valence-corrected chi connectivity index (χ0v) is 12.1. The summed E-state index contributed by atoms with van der Waals surface area (Å²) in [7, 11) is 0. The molecular weight excluding hydrogens is 230 g/mol. The molecule has 0 spiro atoms. The van der Waals surface area contributed by atoms with Gasteiger partial charge in [-0.1, -0.05) is 20.3 Å². The Balaban J connectivity index is 2.04. The topological polar surface area (TPSA) is 27.3 Å². The Morgan fingerprint density at radius 1 is 1.24 bits per heavy atom. The lowest BCUT2D eigenvalue weighted by molar-refractivity contribution is 0.193.